The van der Waals surface area contributed by atoms with Crippen molar-refractivity contribution in [1.82, 2.24) is 10.2 Å². The van der Waals surface area contributed by atoms with Crippen LogP contribution in [0.25, 0.3) is 0 Å². The van der Waals surface area contributed by atoms with Crippen LogP contribution >= 0.6 is 23.2 Å². The summed E-state index contributed by atoms with van der Waals surface area (Å²) in [5.74, 6) is -0.107. The Morgan fingerprint density at radius 2 is 1.95 bits per heavy atom. The zero-order valence-corrected chi connectivity index (χ0v) is 13.0. The molecule has 0 radical (unpaired) electrons. The fourth-order valence-corrected chi connectivity index (χ4v) is 3.03. The number of rotatable bonds is 4. The Hall–Kier alpha value is -0.520. The van der Waals surface area contributed by atoms with Gasteiger partial charge in [-0.3, -0.25) is 0 Å². The number of nitrogens with zero attached hydrogens (tertiary/aromatic N) is 1. The van der Waals surface area contributed by atoms with Gasteiger partial charge in [0.2, 0.25) is 0 Å². The number of phenols is 1. The van der Waals surface area contributed by atoms with Crippen molar-refractivity contribution in [2.24, 2.45) is 5.92 Å². The molecule has 1 fully saturated rings. The molecule has 2 unspecified atom stereocenters. The lowest BCUT2D eigenvalue weighted by atomic mass is 9.96. The van der Waals surface area contributed by atoms with Crippen molar-refractivity contribution < 1.29 is 10.2 Å². The molecule has 3 N–H and O–H groups in total. The molecule has 20 heavy (non-hydrogen) atoms. The first-order valence-corrected chi connectivity index (χ1v) is 7.53. The summed E-state index contributed by atoms with van der Waals surface area (Å²) in [6.45, 7) is 6.61. The van der Waals surface area contributed by atoms with E-state index in [9.17, 15) is 10.2 Å². The zero-order chi connectivity index (χ0) is 14.7. The van der Waals surface area contributed by atoms with Gasteiger partial charge in [0.25, 0.3) is 0 Å². The van der Waals surface area contributed by atoms with Crippen molar-refractivity contribution in [3.05, 3.63) is 27.7 Å². The van der Waals surface area contributed by atoms with E-state index in [4.69, 9.17) is 23.2 Å². The van der Waals surface area contributed by atoms with Crippen LogP contribution in [0.15, 0.2) is 12.1 Å². The lowest BCUT2D eigenvalue weighted by Crippen LogP contribution is -2.45. The number of aliphatic hydroxyl groups is 1. The number of piperazine rings is 1. The van der Waals surface area contributed by atoms with Crippen LogP contribution in [0.3, 0.4) is 0 Å². The molecule has 0 spiro atoms. The third-order valence-electron chi connectivity index (χ3n) is 3.67. The van der Waals surface area contributed by atoms with Crippen molar-refractivity contribution in [1.29, 1.82) is 0 Å². The van der Waals surface area contributed by atoms with Gasteiger partial charge in [-0.1, -0.05) is 30.1 Å². The SMILES string of the molecule is CC(CN1CCNCC1)C(O)c1cc(Cl)cc(Cl)c1O. The quantitative estimate of drug-likeness (QED) is 0.797. The van der Waals surface area contributed by atoms with Gasteiger partial charge in [0.1, 0.15) is 5.75 Å². The number of hydrogen-bond donors (Lipinski definition) is 3. The first-order chi connectivity index (χ1) is 9.49. The summed E-state index contributed by atoms with van der Waals surface area (Å²) in [5, 5.41) is 24.3. The standard InChI is InChI=1S/C14H20Cl2N2O2/c1-9(8-18-4-2-17-3-5-18)13(19)11-6-10(15)7-12(16)14(11)20/h6-7,9,13,17,19-20H,2-5,8H2,1H3. The topological polar surface area (TPSA) is 55.7 Å². The first-order valence-electron chi connectivity index (χ1n) is 6.78. The van der Waals surface area contributed by atoms with E-state index in [1.165, 1.54) is 6.07 Å². The minimum Gasteiger partial charge on any atom is -0.506 e. The average molecular weight is 319 g/mol. The molecule has 1 heterocycles. The molecular formula is C14H20Cl2N2O2. The van der Waals surface area contributed by atoms with E-state index in [-0.39, 0.29) is 16.7 Å². The maximum absolute atomic E-state index is 10.4. The minimum atomic E-state index is -0.791. The van der Waals surface area contributed by atoms with Gasteiger partial charge >= 0.3 is 0 Å². The third kappa shape index (κ3) is 3.77. The van der Waals surface area contributed by atoms with Gasteiger partial charge in [-0.25, -0.2) is 0 Å². The highest BCUT2D eigenvalue weighted by molar-refractivity contribution is 6.35. The molecule has 0 bridgehead atoms. The van der Waals surface area contributed by atoms with Gasteiger partial charge in [0, 0.05) is 43.3 Å². The first kappa shape index (κ1) is 15.9. The fraction of sp³-hybridized carbons (Fsp3) is 0.571. The highest BCUT2D eigenvalue weighted by Gasteiger charge is 2.24. The Kier molecular flexibility index (Phi) is 5.52. The van der Waals surface area contributed by atoms with Gasteiger partial charge in [-0.2, -0.15) is 0 Å². The molecule has 2 atom stereocenters. The van der Waals surface area contributed by atoms with Crippen LogP contribution in [0.2, 0.25) is 10.0 Å². The minimum absolute atomic E-state index is 0.0199. The molecule has 6 heteroatoms. The van der Waals surface area contributed by atoms with E-state index in [1.807, 2.05) is 6.92 Å². The maximum atomic E-state index is 10.4. The molecule has 0 saturated carbocycles. The number of aromatic hydroxyl groups is 1. The van der Waals surface area contributed by atoms with Gasteiger partial charge in [-0.15, -0.1) is 0 Å². The summed E-state index contributed by atoms with van der Waals surface area (Å²) < 4.78 is 0. The number of hydrogen-bond acceptors (Lipinski definition) is 4. The smallest absolute Gasteiger partial charge is 0.140 e. The maximum Gasteiger partial charge on any atom is 0.140 e. The Labute approximate surface area is 129 Å². The van der Waals surface area contributed by atoms with Crippen LogP contribution in [0.5, 0.6) is 5.75 Å². The molecule has 0 amide bonds. The predicted molar refractivity (Wildman–Crippen MR) is 81.6 cm³/mol. The monoisotopic (exact) mass is 318 g/mol. The van der Waals surface area contributed by atoms with Crippen molar-refractivity contribution in [2.45, 2.75) is 13.0 Å². The van der Waals surface area contributed by atoms with Crippen LogP contribution in [0.4, 0.5) is 0 Å². The van der Waals surface area contributed by atoms with Crippen LogP contribution in [0.1, 0.15) is 18.6 Å². The number of nitrogens with one attached hydrogen (secondary N) is 1. The number of benzene rings is 1. The molecule has 0 aromatic heterocycles. The summed E-state index contributed by atoms with van der Waals surface area (Å²) in [6.07, 6.45) is -0.791. The highest BCUT2D eigenvalue weighted by Crippen LogP contribution is 2.37. The molecule has 112 valence electrons. The van der Waals surface area contributed by atoms with Crippen molar-refractivity contribution in [3.63, 3.8) is 0 Å². The molecule has 4 nitrogen and oxygen atoms in total. The van der Waals surface area contributed by atoms with E-state index in [0.717, 1.165) is 32.7 Å². The summed E-state index contributed by atoms with van der Waals surface area (Å²) in [5.41, 5.74) is 0.394. The van der Waals surface area contributed by atoms with Crippen molar-refractivity contribution in [2.75, 3.05) is 32.7 Å². The molecule has 1 aromatic rings. The molecule has 0 aliphatic carbocycles. The molecule has 1 aromatic carbocycles. The highest BCUT2D eigenvalue weighted by atomic mass is 35.5. The van der Waals surface area contributed by atoms with E-state index >= 15 is 0 Å². The average Bonchev–Trinajstić information content (AvgIpc) is 2.43. The Morgan fingerprint density at radius 3 is 2.60 bits per heavy atom. The van der Waals surface area contributed by atoms with Crippen LogP contribution in [0, 0.1) is 5.92 Å². The van der Waals surface area contributed by atoms with Crippen LogP contribution in [-0.4, -0.2) is 47.8 Å². The molecular weight excluding hydrogens is 299 g/mol. The van der Waals surface area contributed by atoms with Gasteiger partial charge in [0.05, 0.1) is 11.1 Å². The third-order valence-corrected chi connectivity index (χ3v) is 4.18. The molecule has 1 saturated heterocycles. The summed E-state index contributed by atoms with van der Waals surface area (Å²) in [7, 11) is 0. The second-order valence-electron chi connectivity index (χ2n) is 5.30. The fourth-order valence-electron chi connectivity index (χ4n) is 2.52. The lowest BCUT2D eigenvalue weighted by Gasteiger charge is -2.31. The molecule has 1 aliphatic rings. The lowest BCUT2D eigenvalue weighted by molar-refractivity contribution is 0.0823. The van der Waals surface area contributed by atoms with Crippen LogP contribution < -0.4 is 5.32 Å². The normalized spacial score (nSPS) is 19.8. The van der Waals surface area contributed by atoms with Crippen molar-refractivity contribution >= 4 is 23.2 Å². The van der Waals surface area contributed by atoms with E-state index in [1.54, 1.807) is 6.07 Å². The van der Waals surface area contributed by atoms with E-state index < -0.39 is 6.10 Å². The number of phenolic OH excluding ortho intramolecular Hbond substituents is 1. The second kappa shape index (κ2) is 6.96. The Balaban J connectivity index is 2.07. The van der Waals surface area contributed by atoms with Crippen molar-refractivity contribution in [3.8, 4) is 5.75 Å². The zero-order valence-electron chi connectivity index (χ0n) is 11.4. The van der Waals surface area contributed by atoms with Crippen LogP contribution in [-0.2, 0) is 0 Å². The summed E-state index contributed by atoms with van der Waals surface area (Å²) in [4.78, 5) is 2.30. The Bertz CT molecular complexity index is 465. The molecule has 2 rings (SSSR count). The number of aliphatic hydroxyl groups excluding tert-OH is 1. The van der Waals surface area contributed by atoms with Gasteiger partial charge in [-0.05, 0) is 18.1 Å². The largest absolute Gasteiger partial charge is 0.506 e. The van der Waals surface area contributed by atoms with E-state index in [0.29, 0.717) is 10.6 Å². The van der Waals surface area contributed by atoms with E-state index in [2.05, 4.69) is 10.2 Å². The Morgan fingerprint density at radius 1 is 1.30 bits per heavy atom. The van der Waals surface area contributed by atoms with Gasteiger partial charge in [0.15, 0.2) is 0 Å². The predicted octanol–water partition coefficient (Wildman–Crippen LogP) is 2.27. The number of halogens is 2. The molecule has 1 aliphatic heterocycles. The summed E-state index contributed by atoms with van der Waals surface area (Å²) in [6, 6.07) is 3.04. The summed E-state index contributed by atoms with van der Waals surface area (Å²) >= 11 is 11.8. The van der Waals surface area contributed by atoms with Gasteiger partial charge < -0.3 is 20.4 Å². The second-order valence-corrected chi connectivity index (χ2v) is 6.14.